The number of nitrogens with one attached hydrogen (secondary N) is 3. The topological polar surface area (TPSA) is 53.2 Å². The van der Waals surface area contributed by atoms with Gasteiger partial charge in [0.05, 0.1) is 6.04 Å². The summed E-state index contributed by atoms with van der Waals surface area (Å²) in [7, 11) is 0. The van der Waals surface area contributed by atoms with Crippen LogP contribution >= 0.6 is 0 Å². The molecule has 1 aliphatic rings. The highest BCUT2D eigenvalue weighted by molar-refractivity contribution is 5.81. The summed E-state index contributed by atoms with van der Waals surface area (Å²) in [4.78, 5) is 11.4. The lowest BCUT2D eigenvalue weighted by Gasteiger charge is -2.28. The van der Waals surface area contributed by atoms with E-state index >= 15 is 0 Å². The first-order chi connectivity index (χ1) is 7.72. The molecule has 1 saturated heterocycles. The van der Waals surface area contributed by atoms with Gasteiger partial charge in [0.2, 0.25) is 5.91 Å². The van der Waals surface area contributed by atoms with E-state index in [1.165, 1.54) is 0 Å². The fourth-order valence-electron chi connectivity index (χ4n) is 1.87. The molecule has 1 aliphatic heterocycles. The lowest BCUT2D eigenvalue weighted by Crippen LogP contribution is -2.54. The molecule has 0 bridgehead atoms. The molecule has 0 aliphatic carbocycles. The van der Waals surface area contributed by atoms with Gasteiger partial charge in [0.25, 0.3) is 0 Å². The van der Waals surface area contributed by atoms with Crippen molar-refractivity contribution in [2.75, 3.05) is 19.6 Å². The van der Waals surface area contributed by atoms with E-state index in [2.05, 4.69) is 10.6 Å². The third kappa shape index (κ3) is 4.91. The van der Waals surface area contributed by atoms with Gasteiger partial charge < -0.3 is 10.6 Å². The first-order valence-electron chi connectivity index (χ1n) is 5.55. The summed E-state index contributed by atoms with van der Waals surface area (Å²) in [5, 5.41) is 8.06. The lowest BCUT2D eigenvalue weighted by atomic mass is 10.0. The van der Waals surface area contributed by atoms with Crippen molar-refractivity contribution >= 4 is 5.91 Å². The van der Waals surface area contributed by atoms with Crippen LogP contribution in [0.2, 0.25) is 0 Å². The summed E-state index contributed by atoms with van der Waals surface area (Å²) in [6.07, 6.45) is -3.52. The SMILES string of the molecule is CC(NC1(C)CCNC1)C(=O)NCC(F)(F)F. The van der Waals surface area contributed by atoms with E-state index < -0.39 is 24.7 Å². The van der Waals surface area contributed by atoms with Crippen molar-refractivity contribution in [3.8, 4) is 0 Å². The van der Waals surface area contributed by atoms with Crippen molar-refractivity contribution in [1.29, 1.82) is 0 Å². The average molecular weight is 253 g/mol. The molecule has 1 amide bonds. The van der Waals surface area contributed by atoms with Crippen LogP contribution in [-0.2, 0) is 4.79 Å². The summed E-state index contributed by atoms with van der Waals surface area (Å²) >= 11 is 0. The van der Waals surface area contributed by atoms with Crippen LogP contribution in [0.4, 0.5) is 13.2 Å². The maximum absolute atomic E-state index is 11.9. The highest BCUT2D eigenvalue weighted by Gasteiger charge is 2.33. The Bertz CT molecular complexity index is 274. The number of alkyl halides is 3. The molecule has 3 N–H and O–H groups in total. The van der Waals surface area contributed by atoms with Gasteiger partial charge in [0, 0.05) is 12.1 Å². The van der Waals surface area contributed by atoms with Gasteiger partial charge in [-0.25, -0.2) is 0 Å². The minimum atomic E-state index is -4.37. The fraction of sp³-hybridized carbons (Fsp3) is 0.900. The second-order valence-corrected chi connectivity index (χ2v) is 4.69. The third-order valence-corrected chi connectivity index (χ3v) is 2.79. The monoisotopic (exact) mass is 253 g/mol. The molecular weight excluding hydrogens is 235 g/mol. The highest BCUT2D eigenvalue weighted by atomic mass is 19.4. The molecule has 0 radical (unpaired) electrons. The largest absolute Gasteiger partial charge is 0.405 e. The molecule has 0 saturated carbocycles. The normalized spacial score (nSPS) is 26.9. The lowest BCUT2D eigenvalue weighted by molar-refractivity contribution is -0.139. The molecule has 17 heavy (non-hydrogen) atoms. The van der Waals surface area contributed by atoms with Crippen molar-refractivity contribution < 1.29 is 18.0 Å². The van der Waals surface area contributed by atoms with Crippen LogP contribution in [0.1, 0.15) is 20.3 Å². The Morgan fingerprint density at radius 2 is 2.18 bits per heavy atom. The standard InChI is InChI=1S/C10H18F3N3O/c1-7(8(17)15-6-10(11,12)13)16-9(2)3-4-14-5-9/h7,14,16H,3-6H2,1-2H3,(H,15,17). The molecule has 2 unspecified atom stereocenters. The van der Waals surface area contributed by atoms with Crippen molar-refractivity contribution in [2.24, 2.45) is 0 Å². The van der Waals surface area contributed by atoms with Gasteiger partial charge in [-0.3, -0.25) is 10.1 Å². The number of halogens is 3. The van der Waals surface area contributed by atoms with E-state index in [-0.39, 0.29) is 5.54 Å². The number of hydrogen-bond acceptors (Lipinski definition) is 3. The molecule has 7 heteroatoms. The van der Waals surface area contributed by atoms with Gasteiger partial charge in [-0.15, -0.1) is 0 Å². The van der Waals surface area contributed by atoms with E-state index in [0.717, 1.165) is 13.0 Å². The molecule has 0 aromatic carbocycles. The zero-order chi connectivity index (χ0) is 13.1. The Labute approximate surface area is 98.3 Å². The second-order valence-electron chi connectivity index (χ2n) is 4.69. The van der Waals surface area contributed by atoms with Gasteiger partial charge in [-0.2, -0.15) is 13.2 Å². The molecule has 1 rings (SSSR count). The molecule has 2 atom stereocenters. The molecular formula is C10H18F3N3O. The van der Waals surface area contributed by atoms with Gasteiger partial charge in [0.15, 0.2) is 0 Å². The third-order valence-electron chi connectivity index (χ3n) is 2.79. The smallest absolute Gasteiger partial charge is 0.346 e. The van der Waals surface area contributed by atoms with Crippen molar-refractivity contribution in [1.82, 2.24) is 16.0 Å². The van der Waals surface area contributed by atoms with Gasteiger partial charge in [-0.1, -0.05) is 0 Å². The molecule has 0 aromatic heterocycles. The molecule has 100 valence electrons. The first-order valence-corrected chi connectivity index (χ1v) is 5.55. The summed E-state index contributed by atoms with van der Waals surface area (Å²) in [5.74, 6) is -0.629. The summed E-state index contributed by atoms with van der Waals surface area (Å²) in [5.41, 5.74) is -0.227. The minimum Gasteiger partial charge on any atom is -0.346 e. The Hall–Kier alpha value is -0.820. The molecule has 0 spiro atoms. The zero-order valence-electron chi connectivity index (χ0n) is 9.95. The van der Waals surface area contributed by atoms with Gasteiger partial charge in [-0.05, 0) is 26.8 Å². The fourth-order valence-corrected chi connectivity index (χ4v) is 1.87. The highest BCUT2D eigenvalue weighted by Crippen LogP contribution is 2.15. The Morgan fingerprint density at radius 1 is 1.53 bits per heavy atom. The summed E-state index contributed by atoms with van der Waals surface area (Å²) in [6.45, 7) is 3.78. The van der Waals surface area contributed by atoms with Crippen LogP contribution in [0.25, 0.3) is 0 Å². The van der Waals surface area contributed by atoms with Crippen LogP contribution in [0.5, 0.6) is 0 Å². The molecule has 4 nitrogen and oxygen atoms in total. The van der Waals surface area contributed by atoms with Crippen molar-refractivity contribution in [3.63, 3.8) is 0 Å². The number of carbonyl (C=O) groups is 1. The van der Waals surface area contributed by atoms with Crippen LogP contribution < -0.4 is 16.0 Å². The number of amides is 1. The summed E-state index contributed by atoms with van der Waals surface area (Å²) < 4.78 is 35.7. The Kier molecular flexibility index (Phi) is 4.37. The van der Waals surface area contributed by atoms with Gasteiger partial charge in [0.1, 0.15) is 6.54 Å². The predicted octanol–water partition coefficient (Wildman–Crippen LogP) is 0.395. The van der Waals surface area contributed by atoms with Crippen molar-refractivity contribution in [2.45, 2.75) is 38.0 Å². The van der Waals surface area contributed by atoms with Gasteiger partial charge >= 0.3 is 6.18 Å². The maximum Gasteiger partial charge on any atom is 0.405 e. The maximum atomic E-state index is 11.9. The summed E-state index contributed by atoms with van der Waals surface area (Å²) in [6, 6.07) is -0.637. The minimum absolute atomic E-state index is 0.227. The number of carbonyl (C=O) groups excluding carboxylic acids is 1. The van der Waals surface area contributed by atoms with Crippen LogP contribution in [0.15, 0.2) is 0 Å². The Balaban J connectivity index is 2.36. The second kappa shape index (κ2) is 5.22. The Morgan fingerprint density at radius 3 is 2.65 bits per heavy atom. The van der Waals surface area contributed by atoms with E-state index in [9.17, 15) is 18.0 Å². The number of rotatable bonds is 4. The van der Waals surface area contributed by atoms with E-state index in [1.54, 1.807) is 6.92 Å². The van der Waals surface area contributed by atoms with E-state index in [1.807, 2.05) is 12.2 Å². The van der Waals surface area contributed by atoms with Crippen LogP contribution in [0, 0.1) is 0 Å². The van der Waals surface area contributed by atoms with E-state index in [4.69, 9.17) is 0 Å². The van der Waals surface area contributed by atoms with Crippen molar-refractivity contribution in [3.05, 3.63) is 0 Å². The zero-order valence-corrected chi connectivity index (χ0v) is 9.95. The average Bonchev–Trinajstić information content (AvgIpc) is 2.60. The first kappa shape index (κ1) is 14.2. The van der Waals surface area contributed by atoms with Crippen LogP contribution in [0.3, 0.4) is 0 Å². The van der Waals surface area contributed by atoms with E-state index in [0.29, 0.717) is 6.54 Å². The number of hydrogen-bond donors (Lipinski definition) is 3. The van der Waals surface area contributed by atoms with Crippen LogP contribution in [-0.4, -0.2) is 43.3 Å². The molecule has 1 heterocycles. The quantitative estimate of drug-likeness (QED) is 0.679. The molecule has 1 fully saturated rings. The molecule has 0 aromatic rings. The predicted molar refractivity (Wildman–Crippen MR) is 57.6 cm³/mol.